The van der Waals surface area contributed by atoms with Crippen LogP contribution in [-0.2, 0) is 0 Å². The third-order valence-corrected chi connectivity index (χ3v) is 3.61. The average Bonchev–Trinajstić information content (AvgIpc) is 2.99. The number of aromatic nitrogens is 3. The van der Waals surface area contributed by atoms with Crippen LogP contribution in [0.1, 0.15) is 10.5 Å². The van der Waals surface area contributed by atoms with Gasteiger partial charge in [-0.25, -0.2) is 0 Å². The number of carbonyl (C=O) groups is 1. The van der Waals surface area contributed by atoms with Crippen molar-refractivity contribution in [1.29, 1.82) is 0 Å². The van der Waals surface area contributed by atoms with Crippen LogP contribution in [0.25, 0.3) is 21.7 Å². The first-order valence-corrected chi connectivity index (χ1v) is 6.90. The lowest BCUT2D eigenvalue weighted by molar-refractivity contribution is 0.102. The van der Waals surface area contributed by atoms with Crippen LogP contribution in [-0.4, -0.2) is 21.1 Å². The van der Waals surface area contributed by atoms with E-state index in [0.29, 0.717) is 5.69 Å². The second kappa shape index (κ2) is 4.96. The number of H-pyrrole nitrogens is 1. The van der Waals surface area contributed by atoms with Crippen LogP contribution in [0.5, 0.6) is 0 Å². The summed E-state index contributed by atoms with van der Waals surface area (Å²) in [5.74, 6) is -0.234. The number of anilines is 1. The van der Waals surface area contributed by atoms with Crippen molar-refractivity contribution in [2.24, 2.45) is 0 Å². The van der Waals surface area contributed by atoms with Gasteiger partial charge < -0.3 is 5.32 Å². The monoisotopic (exact) mass is 288 g/mol. The van der Waals surface area contributed by atoms with Crippen LogP contribution in [0, 0.1) is 0 Å². The van der Waals surface area contributed by atoms with Gasteiger partial charge in [0.15, 0.2) is 5.69 Å². The number of hydrogen-bond acceptors (Lipinski definition) is 3. The van der Waals surface area contributed by atoms with E-state index in [2.05, 4.69) is 20.5 Å². The van der Waals surface area contributed by atoms with E-state index in [4.69, 9.17) is 0 Å². The second-order valence-electron chi connectivity index (χ2n) is 4.97. The predicted molar refractivity (Wildman–Crippen MR) is 85.8 cm³/mol. The molecular weight excluding hydrogens is 276 g/mol. The molecule has 0 atom stereocenters. The summed E-state index contributed by atoms with van der Waals surface area (Å²) in [6.45, 7) is 0. The lowest BCUT2D eigenvalue weighted by Crippen LogP contribution is -2.13. The Morgan fingerprint density at radius 1 is 1.00 bits per heavy atom. The fraction of sp³-hybridized carbons (Fsp3) is 0. The molecule has 2 aromatic carbocycles. The van der Waals surface area contributed by atoms with Gasteiger partial charge in [-0.05, 0) is 18.2 Å². The summed E-state index contributed by atoms with van der Waals surface area (Å²) in [5, 5.41) is 12.7. The third kappa shape index (κ3) is 2.00. The average molecular weight is 288 g/mol. The summed E-state index contributed by atoms with van der Waals surface area (Å²) in [5.41, 5.74) is 1.98. The summed E-state index contributed by atoms with van der Waals surface area (Å²) in [4.78, 5) is 16.6. The van der Waals surface area contributed by atoms with Crippen LogP contribution >= 0.6 is 0 Å². The van der Waals surface area contributed by atoms with Gasteiger partial charge in [0, 0.05) is 34.2 Å². The summed E-state index contributed by atoms with van der Waals surface area (Å²) >= 11 is 0. The van der Waals surface area contributed by atoms with E-state index < -0.39 is 0 Å². The molecule has 0 aliphatic heterocycles. The van der Waals surface area contributed by atoms with Crippen molar-refractivity contribution in [3.8, 4) is 0 Å². The first-order valence-electron chi connectivity index (χ1n) is 6.90. The minimum absolute atomic E-state index is 0.234. The lowest BCUT2D eigenvalue weighted by Gasteiger charge is -2.07. The normalized spacial score (nSPS) is 10.9. The zero-order valence-corrected chi connectivity index (χ0v) is 11.6. The smallest absolute Gasteiger partial charge is 0.276 e. The van der Waals surface area contributed by atoms with E-state index in [-0.39, 0.29) is 5.91 Å². The number of fused-ring (bicyclic) bond motifs is 2. The van der Waals surface area contributed by atoms with Gasteiger partial charge in [0.05, 0.1) is 5.52 Å². The standard InChI is InChI=1S/C17H12N4O/c22-17(16-13-5-1-2-6-15(13)20-21-16)19-14-7-3-4-11-10-18-9-8-12(11)14/h1-10H,(H,19,22)(H,20,21). The molecule has 4 rings (SSSR count). The van der Waals surface area contributed by atoms with Gasteiger partial charge in [-0.2, -0.15) is 5.10 Å². The van der Waals surface area contributed by atoms with E-state index in [0.717, 1.165) is 27.4 Å². The van der Waals surface area contributed by atoms with Crippen LogP contribution in [0.15, 0.2) is 60.9 Å². The van der Waals surface area contributed by atoms with Crippen molar-refractivity contribution in [3.63, 3.8) is 0 Å². The highest BCUT2D eigenvalue weighted by atomic mass is 16.1. The number of carbonyl (C=O) groups excluding carboxylic acids is 1. The molecule has 106 valence electrons. The fourth-order valence-corrected chi connectivity index (χ4v) is 2.55. The number of hydrogen-bond donors (Lipinski definition) is 2. The summed E-state index contributed by atoms with van der Waals surface area (Å²) in [7, 11) is 0. The van der Waals surface area contributed by atoms with E-state index in [1.807, 2.05) is 48.5 Å². The molecule has 0 unspecified atom stereocenters. The molecule has 5 nitrogen and oxygen atoms in total. The van der Waals surface area contributed by atoms with Crippen molar-refractivity contribution >= 4 is 33.3 Å². The van der Waals surface area contributed by atoms with Gasteiger partial charge in [-0.1, -0.05) is 30.3 Å². The van der Waals surface area contributed by atoms with Crippen molar-refractivity contribution in [2.75, 3.05) is 5.32 Å². The summed E-state index contributed by atoms with van der Waals surface area (Å²) in [6, 6.07) is 15.2. The van der Waals surface area contributed by atoms with Crippen LogP contribution in [0.3, 0.4) is 0 Å². The molecule has 0 radical (unpaired) electrons. The Labute approximate surface area is 126 Å². The molecule has 2 N–H and O–H groups in total. The number of nitrogens with one attached hydrogen (secondary N) is 2. The zero-order chi connectivity index (χ0) is 14.9. The molecule has 22 heavy (non-hydrogen) atoms. The molecule has 0 bridgehead atoms. The zero-order valence-electron chi connectivity index (χ0n) is 11.6. The minimum atomic E-state index is -0.234. The summed E-state index contributed by atoms with van der Waals surface area (Å²) in [6.07, 6.45) is 3.48. The van der Waals surface area contributed by atoms with Crippen molar-refractivity contribution in [1.82, 2.24) is 15.2 Å². The van der Waals surface area contributed by atoms with Crippen molar-refractivity contribution in [3.05, 3.63) is 66.6 Å². The minimum Gasteiger partial charge on any atom is -0.320 e. The molecule has 2 aromatic heterocycles. The Hall–Kier alpha value is -3.21. The molecule has 0 aliphatic carbocycles. The van der Waals surface area contributed by atoms with E-state index >= 15 is 0 Å². The number of aromatic amines is 1. The SMILES string of the molecule is O=C(Nc1cccc2cnccc12)c1n[nH]c2ccccc12. The van der Waals surface area contributed by atoms with Crippen molar-refractivity contribution in [2.45, 2.75) is 0 Å². The number of nitrogens with zero attached hydrogens (tertiary/aromatic N) is 2. The maximum absolute atomic E-state index is 12.5. The molecule has 1 amide bonds. The maximum atomic E-state index is 12.5. The Bertz CT molecular complexity index is 985. The number of pyridine rings is 1. The van der Waals surface area contributed by atoms with Crippen LogP contribution in [0.4, 0.5) is 5.69 Å². The van der Waals surface area contributed by atoms with Gasteiger partial charge in [-0.3, -0.25) is 14.9 Å². The number of amides is 1. The highest BCUT2D eigenvalue weighted by Gasteiger charge is 2.14. The predicted octanol–water partition coefficient (Wildman–Crippen LogP) is 3.36. The fourth-order valence-electron chi connectivity index (χ4n) is 2.55. The van der Waals surface area contributed by atoms with E-state index in [9.17, 15) is 4.79 Å². The van der Waals surface area contributed by atoms with Crippen LogP contribution < -0.4 is 5.32 Å². The number of benzene rings is 2. The largest absolute Gasteiger partial charge is 0.320 e. The van der Waals surface area contributed by atoms with Gasteiger partial charge in [-0.15, -0.1) is 0 Å². The highest BCUT2D eigenvalue weighted by Crippen LogP contribution is 2.23. The molecule has 0 aliphatic rings. The van der Waals surface area contributed by atoms with Gasteiger partial charge >= 0.3 is 0 Å². The first-order chi connectivity index (χ1) is 10.8. The lowest BCUT2D eigenvalue weighted by atomic mass is 10.1. The molecule has 0 fully saturated rings. The van der Waals surface area contributed by atoms with Crippen molar-refractivity contribution < 1.29 is 4.79 Å². The Morgan fingerprint density at radius 2 is 1.91 bits per heavy atom. The van der Waals surface area contributed by atoms with Gasteiger partial charge in [0.1, 0.15) is 0 Å². The van der Waals surface area contributed by atoms with E-state index in [1.165, 1.54) is 0 Å². The summed E-state index contributed by atoms with van der Waals surface area (Å²) < 4.78 is 0. The molecule has 0 saturated heterocycles. The molecule has 5 heteroatoms. The maximum Gasteiger partial charge on any atom is 0.276 e. The molecule has 4 aromatic rings. The Balaban J connectivity index is 1.75. The van der Waals surface area contributed by atoms with Crippen LogP contribution in [0.2, 0.25) is 0 Å². The molecule has 0 saturated carbocycles. The van der Waals surface area contributed by atoms with E-state index in [1.54, 1.807) is 12.4 Å². The highest BCUT2D eigenvalue weighted by molar-refractivity contribution is 6.13. The van der Waals surface area contributed by atoms with Gasteiger partial charge in [0.2, 0.25) is 0 Å². The number of rotatable bonds is 2. The quantitative estimate of drug-likeness (QED) is 0.594. The number of para-hydroxylation sites is 1. The topological polar surface area (TPSA) is 70.7 Å². The van der Waals surface area contributed by atoms with Gasteiger partial charge in [0.25, 0.3) is 5.91 Å². The third-order valence-electron chi connectivity index (χ3n) is 3.61. The Kier molecular flexibility index (Phi) is 2.83. The molecule has 0 spiro atoms. The second-order valence-corrected chi connectivity index (χ2v) is 4.97. The Morgan fingerprint density at radius 3 is 2.86 bits per heavy atom. The molecular formula is C17H12N4O. The molecule has 2 heterocycles. The first kappa shape index (κ1) is 12.5.